The van der Waals surface area contributed by atoms with Crippen molar-refractivity contribution in [1.29, 1.82) is 0 Å². The second-order valence-electron chi connectivity index (χ2n) is 8.40. The molecule has 2 heterocycles. The molecule has 0 aliphatic carbocycles. The van der Waals surface area contributed by atoms with Crippen molar-refractivity contribution in [3.05, 3.63) is 40.3 Å². The molecule has 1 saturated heterocycles. The van der Waals surface area contributed by atoms with Gasteiger partial charge in [-0.15, -0.1) is 0 Å². The molecule has 1 aromatic carbocycles. The number of hydrogen-bond donors (Lipinski definition) is 1. The molecule has 2 aromatic rings. The van der Waals surface area contributed by atoms with Crippen molar-refractivity contribution in [2.45, 2.75) is 38.5 Å². The maximum Gasteiger partial charge on any atom is 0.251 e. The summed E-state index contributed by atoms with van der Waals surface area (Å²) in [6.45, 7) is 8.86. The van der Waals surface area contributed by atoms with E-state index in [4.69, 9.17) is 4.74 Å². The van der Waals surface area contributed by atoms with Crippen LogP contribution in [0.2, 0.25) is 0 Å². The largest absolute Gasteiger partial charge is 0.493 e. The van der Waals surface area contributed by atoms with Crippen molar-refractivity contribution in [3.8, 4) is 17.1 Å². The third-order valence-corrected chi connectivity index (χ3v) is 7.07. The number of nitrogens with zero attached hydrogens (tertiary/aromatic N) is 3. The highest BCUT2D eigenvalue weighted by Crippen LogP contribution is 2.31. The van der Waals surface area contributed by atoms with E-state index >= 15 is 0 Å². The number of hydrogen-bond acceptors (Lipinski definition) is 6. The molecular formula is C22H32N4O4S. The van der Waals surface area contributed by atoms with Crippen molar-refractivity contribution in [2.24, 2.45) is 5.92 Å². The summed E-state index contributed by atoms with van der Waals surface area (Å²) >= 11 is 0. The molecule has 0 amide bonds. The highest BCUT2D eigenvalue weighted by Gasteiger charge is 2.28. The minimum Gasteiger partial charge on any atom is -0.493 e. The van der Waals surface area contributed by atoms with Crippen molar-refractivity contribution in [1.82, 2.24) is 19.2 Å². The summed E-state index contributed by atoms with van der Waals surface area (Å²) in [5.41, 5.74) is 0.878. The summed E-state index contributed by atoms with van der Waals surface area (Å²) in [6, 6.07) is 6.28. The maximum absolute atomic E-state index is 13.3. The summed E-state index contributed by atoms with van der Waals surface area (Å²) in [5, 5.41) is 0. The van der Waals surface area contributed by atoms with Crippen LogP contribution in [0.4, 0.5) is 0 Å². The van der Waals surface area contributed by atoms with Gasteiger partial charge >= 0.3 is 0 Å². The Kier molecular flexibility index (Phi) is 7.51. The molecule has 0 unspecified atom stereocenters. The van der Waals surface area contributed by atoms with Crippen LogP contribution in [0.15, 0.2) is 34.0 Å². The third kappa shape index (κ3) is 5.72. The van der Waals surface area contributed by atoms with Gasteiger partial charge in [-0.3, -0.25) is 4.79 Å². The first-order valence-electron chi connectivity index (χ1n) is 10.8. The maximum atomic E-state index is 13.3. The van der Waals surface area contributed by atoms with E-state index in [9.17, 15) is 13.2 Å². The Labute approximate surface area is 184 Å². The minimum absolute atomic E-state index is 0.174. The number of sulfonamides is 1. The predicted octanol–water partition coefficient (Wildman–Crippen LogP) is 2.36. The molecule has 0 atom stereocenters. The van der Waals surface area contributed by atoms with E-state index in [-0.39, 0.29) is 10.5 Å². The fourth-order valence-electron chi connectivity index (χ4n) is 3.53. The van der Waals surface area contributed by atoms with Gasteiger partial charge in [-0.2, -0.15) is 4.31 Å². The van der Waals surface area contributed by atoms with Gasteiger partial charge in [0.25, 0.3) is 5.56 Å². The van der Waals surface area contributed by atoms with Gasteiger partial charge < -0.3 is 14.6 Å². The van der Waals surface area contributed by atoms with E-state index in [1.54, 1.807) is 18.2 Å². The molecular weight excluding hydrogens is 416 g/mol. The van der Waals surface area contributed by atoms with Crippen LogP contribution >= 0.6 is 0 Å². The third-order valence-electron chi connectivity index (χ3n) is 5.18. The Hall–Kier alpha value is -2.23. The zero-order valence-electron chi connectivity index (χ0n) is 18.7. The number of aromatic nitrogens is 2. The number of piperazine rings is 1. The molecule has 0 saturated carbocycles. The van der Waals surface area contributed by atoms with E-state index in [2.05, 4.69) is 28.7 Å². The molecule has 1 fully saturated rings. The first kappa shape index (κ1) is 23.4. The van der Waals surface area contributed by atoms with Gasteiger partial charge in [0.1, 0.15) is 11.6 Å². The number of rotatable bonds is 8. The Morgan fingerprint density at radius 1 is 1.16 bits per heavy atom. The van der Waals surface area contributed by atoms with Crippen LogP contribution in [0.25, 0.3) is 11.4 Å². The van der Waals surface area contributed by atoms with Gasteiger partial charge in [0.05, 0.1) is 17.1 Å². The van der Waals surface area contributed by atoms with Crippen LogP contribution in [-0.2, 0) is 16.4 Å². The first-order chi connectivity index (χ1) is 14.7. The molecule has 1 aliphatic heterocycles. The molecule has 1 aromatic heterocycles. The lowest BCUT2D eigenvalue weighted by molar-refractivity contribution is 0.222. The van der Waals surface area contributed by atoms with Gasteiger partial charge in [-0.25, -0.2) is 13.4 Å². The van der Waals surface area contributed by atoms with Gasteiger partial charge in [-0.05, 0) is 44.0 Å². The summed E-state index contributed by atoms with van der Waals surface area (Å²) < 4.78 is 33.9. The second kappa shape index (κ2) is 9.93. The summed E-state index contributed by atoms with van der Waals surface area (Å²) in [7, 11) is -1.68. The predicted molar refractivity (Wildman–Crippen MR) is 121 cm³/mol. The molecule has 3 rings (SSSR count). The Morgan fingerprint density at radius 2 is 1.87 bits per heavy atom. The molecule has 31 heavy (non-hydrogen) atoms. The molecule has 9 heteroatoms. The summed E-state index contributed by atoms with van der Waals surface area (Å²) in [5.74, 6) is 1.16. The van der Waals surface area contributed by atoms with Crippen LogP contribution < -0.4 is 10.3 Å². The molecule has 0 radical (unpaired) electrons. The number of ether oxygens (including phenoxy) is 1. The molecule has 170 valence electrons. The standard InChI is InChI=1S/C22H32N4O4S/c1-5-12-30-20-7-6-18(31(28,29)26-10-8-25(4)9-11-26)15-19(20)22-23-17(13-16(2)3)14-21(27)24-22/h6-7,14-16H,5,8-13H2,1-4H3,(H,23,24,27). The fourth-order valence-corrected chi connectivity index (χ4v) is 4.98. The number of H-pyrrole nitrogens is 1. The molecule has 8 nitrogen and oxygen atoms in total. The van der Waals surface area contributed by atoms with Crippen molar-refractivity contribution in [3.63, 3.8) is 0 Å². The Balaban J connectivity index is 2.06. The van der Waals surface area contributed by atoms with E-state index in [0.29, 0.717) is 68.0 Å². The monoisotopic (exact) mass is 448 g/mol. The summed E-state index contributed by atoms with van der Waals surface area (Å²) in [4.78, 5) is 21.9. The van der Waals surface area contributed by atoms with E-state index in [1.807, 2.05) is 14.0 Å². The zero-order valence-corrected chi connectivity index (χ0v) is 19.5. The average Bonchev–Trinajstić information content (AvgIpc) is 2.71. The van der Waals surface area contributed by atoms with Gasteiger partial charge in [0.15, 0.2) is 0 Å². The number of likely N-dealkylation sites (N-methyl/N-ethyl adjacent to an activating group) is 1. The SMILES string of the molecule is CCCOc1ccc(S(=O)(=O)N2CCN(C)CC2)cc1-c1nc(CC(C)C)cc(=O)[nH]1. The van der Waals surface area contributed by atoms with Crippen LogP contribution in [-0.4, -0.2) is 67.4 Å². The first-order valence-corrected chi connectivity index (χ1v) is 12.2. The minimum atomic E-state index is -3.66. The lowest BCUT2D eigenvalue weighted by Crippen LogP contribution is -2.47. The number of aromatic amines is 1. The topological polar surface area (TPSA) is 95.6 Å². The molecule has 0 bridgehead atoms. The summed E-state index contributed by atoms with van der Waals surface area (Å²) in [6.07, 6.45) is 1.46. The van der Waals surface area contributed by atoms with Gasteiger partial charge in [0.2, 0.25) is 10.0 Å². The highest BCUT2D eigenvalue weighted by molar-refractivity contribution is 7.89. The number of benzene rings is 1. The Morgan fingerprint density at radius 3 is 2.52 bits per heavy atom. The van der Waals surface area contributed by atoms with Gasteiger partial charge in [-0.1, -0.05) is 20.8 Å². The molecule has 1 N–H and O–H groups in total. The fraction of sp³-hybridized carbons (Fsp3) is 0.545. The van der Waals surface area contributed by atoms with Crippen LogP contribution in [0.3, 0.4) is 0 Å². The van der Waals surface area contributed by atoms with Crippen LogP contribution in [0.5, 0.6) is 5.75 Å². The van der Waals surface area contributed by atoms with E-state index in [1.165, 1.54) is 10.4 Å². The lowest BCUT2D eigenvalue weighted by Gasteiger charge is -2.31. The second-order valence-corrected chi connectivity index (χ2v) is 10.3. The van der Waals surface area contributed by atoms with E-state index in [0.717, 1.165) is 6.42 Å². The average molecular weight is 449 g/mol. The zero-order chi connectivity index (χ0) is 22.6. The smallest absolute Gasteiger partial charge is 0.251 e. The van der Waals surface area contributed by atoms with Gasteiger partial charge in [0, 0.05) is 37.9 Å². The van der Waals surface area contributed by atoms with E-state index < -0.39 is 10.0 Å². The van der Waals surface area contributed by atoms with Crippen LogP contribution in [0, 0.1) is 5.92 Å². The van der Waals surface area contributed by atoms with Crippen molar-refractivity contribution >= 4 is 10.0 Å². The van der Waals surface area contributed by atoms with Crippen LogP contribution in [0.1, 0.15) is 32.9 Å². The highest BCUT2D eigenvalue weighted by atomic mass is 32.2. The van der Waals surface area contributed by atoms with Crippen molar-refractivity contribution < 1.29 is 13.2 Å². The lowest BCUT2D eigenvalue weighted by atomic mass is 10.1. The Bertz CT molecular complexity index is 1060. The normalized spacial score (nSPS) is 16.0. The van der Waals surface area contributed by atoms with Crippen molar-refractivity contribution in [2.75, 3.05) is 39.8 Å². The molecule has 1 aliphatic rings. The molecule has 0 spiro atoms. The number of nitrogens with one attached hydrogen (secondary N) is 1. The quantitative estimate of drug-likeness (QED) is 0.666.